The third kappa shape index (κ3) is 3.04. The van der Waals surface area contributed by atoms with Crippen LogP contribution in [0.15, 0.2) is 24.3 Å². The smallest absolute Gasteiger partial charge is 0.308 e. The SMILES string of the molecule is COC(=O)C1CCC(C)(C(O)c2ccc(C)cc2)CC1. The van der Waals surface area contributed by atoms with Crippen LogP contribution in [0.3, 0.4) is 0 Å². The maximum absolute atomic E-state index is 11.6. The van der Waals surface area contributed by atoms with Gasteiger partial charge >= 0.3 is 5.97 Å². The van der Waals surface area contributed by atoms with Crippen molar-refractivity contribution in [1.29, 1.82) is 0 Å². The van der Waals surface area contributed by atoms with Crippen molar-refractivity contribution < 1.29 is 14.6 Å². The molecule has 1 aromatic rings. The molecule has 1 atom stereocenters. The van der Waals surface area contributed by atoms with Crippen molar-refractivity contribution in [3.05, 3.63) is 35.4 Å². The largest absolute Gasteiger partial charge is 0.469 e. The van der Waals surface area contributed by atoms with Crippen molar-refractivity contribution in [2.75, 3.05) is 7.11 Å². The number of ether oxygens (including phenoxy) is 1. The highest BCUT2D eigenvalue weighted by atomic mass is 16.5. The van der Waals surface area contributed by atoms with Crippen LogP contribution < -0.4 is 0 Å². The van der Waals surface area contributed by atoms with E-state index in [9.17, 15) is 9.90 Å². The van der Waals surface area contributed by atoms with E-state index in [0.717, 1.165) is 31.2 Å². The number of aliphatic hydroxyl groups excluding tert-OH is 1. The molecule has 0 spiro atoms. The van der Waals surface area contributed by atoms with E-state index in [2.05, 4.69) is 6.92 Å². The topological polar surface area (TPSA) is 46.5 Å². The van der Waals surface area contributed by atoms with Crippen LogP contribution in [0.4, 0.5) is 0 Å². The Bertz CT molecular complexity index is 456. The molecule has 1 unspecified atom stereocenters. The number of benzene rings is 1. The van der Waals surface area contributed by atoms with Gasteiger partial charge in [-0.15, -0.1) is 0 Å². The highest BCUT2D eigenvalue weighted by Gasteiger charge is 2.39. The first-order valence-corrected chi connectivity index (χ1v) is 7.29. The van der Waals surface area contributed by atoms with Crippen molar-refractivity contribution in [2.24, 2.45) is 11.3 Å². The minimum absolute atomic E-state index is 0.00158. The average molecular weight is 276 g/mol. The first kappa shape index (κ1) is 15.0. The number of hydrogen-bond donors (Lipinski definition) is 1. The monoisotopic (exact) mass is 276 g/mol. The molecule has 1 saturated carbocycles. The number of rotatable bonds is 3. The Morgan fingerprint density at radius 1 is 1.30 bits per heavy atom. The van der Waals surface area contributed by atoms with Crippen LogP contribution in [0, 0.1) is 18.3 Å². The third-order valence-electron chi connectivity index (χ3n) is 4.72. The Balaban J connectivity index is 2.05. The highest BCUT2D eigenvalue weighted by Crippen LogP contribution is 2.47. The van der Waals surface area contributed by atoms with Gasteiger partial charge in [0.1, 0.15) is 0 Å². The zero-order valence-corrected chi connectivity index (χ0v) is 12.6. The van der Waals surface area contributed by atoms with E-state index in [0.29, 0.717) is 0 Å². The van der Waals surface area contributed by atoms with Gasteiger partial charge in [-0.05, 0) is 43.6 Å². The second-order valence-electron chi connectivity index (χ2n) is 6.26. The lowest BCUT2D eigenvalue weighted by atomic mass is 9.67. The normalized spacial score (nSPS) is 27.9. The van der Waals surface area contributed by atoms with Crippen LogP contribution in [0.1, 0.15) is 49.8 Å². The molecule has 0 bridgehead atoms. The summed E-state index contributed by atoms with van der Waals surface area (Å²) in [5.74, 6) is -0.116. The predicted molar refractivity (Wildman–Crippen MR) is 78.2 cm³/mol. The van der Waals surface area contributed by atoms with Gasteiger partial charge in [-0.1, -0.05) is 36.8 Å². The molecule has 1 fully saturated rings. The summed E-state index contributed by atoms with van der Waals surface area (Å²) >= 11 is 0. The molecule has 0 saturated heterocycles. The molecule has 110 valence electrons. The Kier molecular flexibility index (Phi) is 4.48. The second-order valence-corrected chi connectivity index (χ2v) is 6.26. The molecular weight excluding hydrogens is 252 g/mol. The summed E-state index contributed by atoms with van der Waals surface area (Å²) in [7, 11) is 1.44. The maximum Gasteiger partial charge on any atom is 0.308 e. The molecule has 0 amide bonds. The van der Waals surface area contributed by atoms with Crippen LogP contribution >= 0.6 is 0 Å². The summed E-state index contributed by atoms with van der Waals surface area (Å²) in [4.78, 5) is 11.6. The molecule has 3 nitrogen and oxygen atoms in total. The first-order valence-electron chi connectivity index (χ1n) is 7.29. The molecule has 0 radical (unpaired) electrons. The van der Waals surface area contributed by atoms with E-state index in [4.69, 9.17) is 4.74 Å². The number of carbonyl (C=O) groups excluding carboxylic acids is 1. The lowest BCUT2D eigenvalue weighted by Crippen LogP contribution is -2.33. The summed E-state index contributed by atoms with van der Waals surface area (Å²) < 4.78 is 4.81. The molecule has 20 heavy (non-hydrogen) atoms. The quantitative estimate of drug-likeness (QED) is 0.861. The molecule has 1 aliphatic carbocycles. The van der Waals surface area contributed by atoms with Crippen LogP contribution in [-0.4, -0.2) is 18.2 Å². The van der Waals surface area contributed by atoms with Crippen LogP contribution in [0.5, 0.6) is 0 Å². The fourth-order valence-electron chi connectivity index (χ4n) is 3.10. The van der Waals surface area contributed by atoms with Crippen LogP contribution in [-0.2, 0) is 9.53 Å². The molecule has 3 heteroatoms. The van der Waals surface area contributed by atoms with Crippen molar-refractivity contribution >= 4 is 5.97 Å². The van der Waals surface area contributed by atoms with Crippen molar-refractivity contribution in [3.8, 4) is 0 Å². The molecule has 1 N–H and O–H groups in total. The van der Waals surface area contributed by atoms with E-state index < -0.39 is 6.10 Å². The second kappa shape index (κ2) is 5.96. The zero-order valence-electron chi connectivity index (χ0n) is 12.6. The zero-order chi connectivity index (χ0) is 14.8. The standard InChI is InChI=1S/C17H24O3/c1-12-4-6-13(7-5-12)15(18)17(2)10-8-14(9-11-17)16(19)20-3/h4-7,14-15,18H,8-11H2,1-3H3. The molecule has 1 aliphatic rings. The lowest BCUT2D eigenvalue weighted by molar-refractivity contribution is -0.148. The first-order chi connectivity index (χ1) is 9.46. The van der Waals surface area contributed by atoms with Gasteiger partial charge in [0.05, 0.1) is 19.1 Å². The van der Waals surface area contributed by atoms with Gasteiger partial charge in [0.25, 0.3) is 0 Å². The Labute approximate surface area is 121 Å². The van der Waals surface area contributed by atoms with E-state index in [1.165, 1.54) is 12.7 Å². The van der Waals surface area contributed by atoms with E-state index in [1.54, 1.807) is 0 Å². The lowest BCUT2D eigenvalue weighted by Gasteiger charge is -2.40. The number of methoxy groups -OCH3 is 1. The molecular formula is C17H24O3. The van der Waals surface area contributed by atoms with Gasteiger partial charge < -0.3 is 9.84 Å². The van der Waals surface area contributed by atoms with Gasteiger partial charge in [0.2, 0.25) is 0 Å². The van der Waals surface area contributed by atoms with Gasteiger partial charge in [-0.2, -0.15) is 0 Å². The summed E-state index contributed by atoms with van der Waals surface area (Å²) in [5, 5.41) is 10.7. The number of carbonyl (C=O) groups is 1. The van der Waals surface area contributed by atoms with Gasteiger partial charge in [-0.3, -0.25) is 4.79 Å². The van der Waals surface area contributed by atoms with E-state index in [-0.39, 0.29) is 17.3 Å². The molecule has 0 aromatic heterocycles. The van der Waals surface area contributed by atoms with Crippen molar-refractivity contribution in [1.82, 2.24) is 0 Å². The third-order valence-corrected chi connectivity index (χ3v) is 4.72. The van der Waals surface area contributed by atoms with Crippen molar-refractivity contribution in [2.45, 2.75) is 45.6 Å². The Morgan fingerprint density at radius 2 is 1.85 bits per heavy atom. The molecule has 1 aromatic carbocycles. The van der Waals surface area contributed by atoms with Crippen LogP contribution in [0.2, 0.25) is 0 Å². The average Bonchev–Trinajstić information content (AvgIpc) is 2.47. The molecule has 0 heterocycles. The summed E-state index contributed by atoms with van der Waals surface area (Å²) in [5.41, 5.74) is 2.01. The Hall–Kier alpha value is -1.35. The fourth-order valence-corrected chi connectivity index (χ4v) is 3.10. The highest BCUT2D eigenvalue weighted by molar-refractivity contribution is 5.72. The number of esters is 1. The maximum atomic E-state index is 11.6. The molecule has 2 rings (SSSR count). The predicted octanol–water partition coefficient (Wildman–Crippen LogP) is 3.40. The van der Waals surface area contributed by atoms with Gasteiger partial charge in [-0.25, -0.2) is 0 Å². The van der Waals surface area contributed by atoms with Crippen LogP contribution in [0.25, 0.3) is 0 Å². The number of hydrogen-bond acceptors (Lipinski definition) is 3. The van der Waals surface area contributed by atoms with E-state index in [1.807, 2.05) is 31.2 Å². The summed E-state index contributed by atoms with van der Waals surface area (Å²) in [6, 6.07) is 8.05. The minimum Gasteiger partial charge on any atom is -0.469 e. The van der Waals surface area contributed by atoms with E-state index >= 15 is 0 Å². The van der Waals surface area contributed by atoms with Gasteiger partial charge in [0, 0.05) is 0 Å². The summed E-state index contributed by atoms with van der Waals surface area (Å²) in [6.45, 7) is 4.16. The number of aryl methyl sites for hydroxylation is 1. The number of aliphatic hydroxyl groups is 1. The minimum atomic E-state index is -0.471. The fraction of sp³-hybridized carbons (Fsp3) is 0.588. The molecule has 0 aliphatic heterocycles. The van der Waals surface area contributed by atoms with Crippen molar-refractivity contribution in [3.63, 3.8) is 0 Å². The summed E-state index contributed by atoms with van der Waals surface area (Å²) in [6.07, 6.45) is 2.82. The van der Waals surface area contributed by atoms with Gasteiger partial charge in [0.15, 0.2) is 0 Å². The Morgan fingerprint density at radius 3 is 2.35 bits per heavy atom.